The van der Waals surface area contributed by atoms with Crippen molar-refractivity contribution >= 4 is 28.2 Å². The van der Waals surface area contributed by atoms with Gasteiger partial charge >= 0.3 is 0 Å². The highest BCUT2D eigenvalue weighted by Gasteiger charge is 2.14. The highest BCUT2D eigenvalue weighted by Crippen LogP contribution is 2.30. The topological polar surface area (TPSA) is 24.9 Å². The van der Waals surface area contributed by atoms with Crippen LogP contribution in [0.5, 0.6) is 0 Å². The maximum absolute atomic E-state index is 13.2. The number of alkyl halides is 2. The number of hydrogen-bond acceptors (Lipinski definition) is 2. The summed E-state index contributed by atoms with van der Waals surface area (Å²) >= 11 is 5.64. The van der Waals surface area contributed by atoms with E-state index < -0.39 is 17.9 Å². The molecule has 0 aliphatic rings. The summed E-state index contributed by atoms with van der Waals surface area (Å²) in [6.45, 7) is 0. The maximum Gasteiger partial charge on any atom is 0.280 e. The number of fused-ring (bicyclic) bond motifs is 1. The van der Waals surface area contributed by atoms with Gasteiger partial charge in [0.05, 0.1) is 10.5 Å². The van der Waals surface area contributed by atoms with Gasteiger partial charge in [0.25, 0.3) is 6.43 Å². The van der Waals surface area contributed by atoms with E-state index in [2.05, 4.69) is 10.3 Å². The van der Waals surface area contributed by atoms with Gasteiger partial charge in [-0.1, -0.05) is 11.6 Å². The summed E-state index contributed by atoms with van der Waals surface area (Å²) < 4.78 is 38.4. The third-order valence-corrected chi connectivity index (χ3v) is 2.65. The number of pyridine rings is 1. The first kappa shape index (κ1) is 12.0. The second-order valence-electron chi connectivity index (χ2n) is 3.43. The zero-order valence-corrected chi connectivity index (χ0v) is 9.52. The van der Waals surface area contributed by atoms with Crippen LogP contribution in [0.2, 0.25) is 5.02 Å². The molecule has 0 unspecified atom stereocenters. The van der Waals surface area contributed by atoms with Crippen molar-refractivity contribution < 1.29 is 13.2 Å². The number of halogens is 4. The molecule has 1 aromatic carbocycles. The second-order valence-corrected chi connectivity index (χ2v) is 3.84. The van der Waals surface area contributed by atoms with E-state index >= 15 is 0 Å². The predicted molar refractivity (Wildman–Crippen MR) is 61.2 cm³/mol. The first-order chi connectivity index (χ1) is 8.02. The van der Waals surface area contributed by atoms with Crippen LogP contribution in [0.3, 0.4) is 0 Å². The molecule has 0 aliphatic heterocycles. The Balaban J connectivity index is 2.78. The van der Waals surface area contributed by atoms with Crippen molar-refractivity contribution in [3.8, 4) is 0 Å². The predicted octanol–water partition coefficient (Wildman–Crippen LogP) is 4.01. The Bertz CT molecular complexity index is 572. The summed E-state index contributed by atoms with van der Waals surface area (Å²) in [7, 11) is 1.58. The van der Waals surface area contributed by atoms with Gasteiger partial charge in [-0.3, -0.25) is 0 Å². The highest BCUT2D eigenvalue weighted by atomic mass is 35.5. The molecule has 0 bridgehead atoms. The Labute approximate surface area is 100 Å². The van der Waals surface area contributed by atoms with Crippen LogP contribution in [0.1, 0.15) is 12.1 Å². The quantitative estimate of drug-likeness (QED) is 0.883. The van der Waals surface area contributed by atoms with Crippen molar-refractivity contribution in [3.05, 3.63) is 34.7 Å². The van der Waals surface area contributed by atoms with Crippen molar-refractivity contribution in [2.75, 3.05) is 12.4 Å². The Morgan fingerprint density at radius 3 is 2.59 bits per heavy atom. The number of rotatable bonds is 2. The Kier molecular flexibility index (Phi) is 3.11. The van der Waals surface area contributed by atoms with Gasteiger partial charge in [-0.15, -0.1) is 0 Å². The average Bonchev–Trinajstić information content (AvgIpc) is 2.29. The number of nitrogens with zero attached hydrogens (tertiary/aromatic N) is 1. The standard InChI is InChI=1S/C11H8ClF3N2/c1-16-8-4-10(11(14)15)17-9-3-7(13)6(12)2-5(8)9/h2-4,11H,1H3,(H,16,17). The molecule has 0 atom stereocenters. The first-order valence-corrected chi connectivity index (χ1v) is 5.16. The molecule has 0 aliphatic carbocycles. The first-order valence-electron chi connectivity index (χ1n) is 4.78. The van der Waals surface area contributed by atoms with Crippen molar-refractivity contribution in [2.45, 2.75) is 6.43 Å². The lowest BCUT2D eigenvalue weighted by molar-refractivity contribution is 0.146. The lowest BCUT2D eigenvalue weighted by Gasteiger charge is -2.09. The fourth-order valence-corrected chi connectivity index (χ4v) is 1.72. The molecule has 0 saturated carbocycles. The zero-order valence-electron chi connectivity index (χ0n) is 8.77. The molecule has 2 nitrogen and oxygen atoms in total. The molecule has 1 heterocycles. The van der Waals surface area contributed by atoms with Crippen LogP contribution in [0.4, 0.5) is 18.9 Å². The average molecular weight is 261 g/mol. The summed E-state index contributed by atoms with van der Waals surface area (Å²) in [5.41, 5.74) is 0.185. The fraction of sp³-hybridized carbons (Fsp3) is 0.182. The minimum atomic E-state index is -2.70. The number of nitrogens with one attached hydrogen (secondary N) is 1. The molecule has 17 heavy (non-hydrogen) atoms. The van der Waals surface area contributed by atoms with Crippen LogP contribution in [-0.4, -0.2) is 12.0 Å². The van der Waals surface area contributed by atoms with Crippen molar-refractivity contribution in [1.29, 1.82) is 0 Å². The van der Waals surface area contributed by atoms with Crippen LogP contribution in [0.15, 0.2) is 18.2 Å². The van der Waals surface area contributed by atoms with Crippen molar-refractivity contribution in [3.63, 3.8) is 0 Å². The molecular formula is C11H8ClF3N2. The molecule has 6 heteroatoms. The summed E-state index contributed by atoms with van der Waals surface area (Å²) in [6.07, 6.45) is -2.70. The molecule has 1 N–H and O–H groups in total. The molecular weight excluding hydrogens is 253 g/mol. The smallest absolute Gasteiger partial charge is 0.280 e. The number of anilines is 1. The molecule has 0 amide bonds. The van der Waals surface area contributed by atoms with E-state index in [1.807, 2.05) is 0 Å². The van der Waals surface area contributed by atoms with E-state index in [-0.39, 0.29) is 10.5 Å². The van der Waals surface area contributed by atoms with Gasteiger partial charge < -0.3 is 5.32 Å². The molecule has 1 aromatic heterocycles. The maximum atomic E-state index is 13.2. The molecule has 90 valence electrons. The third kappa shape index (κ3) is 2.15. The third-order valence-electron chi connectivity index (χ3n) is 2.36. The molecule has 2 rings (SSSR count). The van der Waals surface area contributed by atoms with E-state index in [0.29, 0.717) is 11.1 Å². The van der Waals surface area contributed by atoms with E-state index in [1.54, 1.807) is 7.05 Å². The van der Waals surface area contributed by atoms with Crippen LogP contribution < -0.4 is 5.32 Å². The van der Waals surface area contributed by atoms with Crippen molar-refractivity contribution in [2.24, 2.45) is 0 Å². The molecule has 0 radical (unpaired) electrons. The van der Waals surface area contributed by atoms with Gasteiger partial charge in [-0.2, -0.15) is 0 Å². The number of aromatic nitrogens is 1. The summed E-state index contributed by atoms with van der Waals surface area (Å²) in [6, 6.07) is 3.63. The highest BCUT2D eigenvalue weighted by molar-refractivity contribution is 6.31. The van der Waals surface area contributed by atoms with E-state index in [0.717, 1.165) is 6.07 Å². The molecule has 0 spiro atoms. The Hall–Kier alpha value is -1.49. The summed E-state index contributed by atoms with van der Waals surface area (Å²) in [4.78, 5) is 3.70. The molecule has 2 aromatic rings. The van der Waals surface area contributed by atoms with Crippen LogP contribution >= 0.6 is 11.6 Å². The van der Waals surface area contributed by atoms with Crippen molar-refractivity contribution in [1.82, 2.24) is 4.98 Å². The monoisotopic (exact) mass is 260 g/mol. The van der Waals surface area contributed by atoms with Crippen LogP contribution in [0, 0.1) is 5.82 Å². The van der Waals surface area contributed by atoms with E-state index in [1.165, 1.54) is 12.1 Å². The zero-order chi connectivity index (χ0) is 12.6. The Morgan fingerprint density at radius 2 is 2.00 bits per heavy atom. The summed E-state index contributed by atoms with van der Waals surface area (Å²) in [5, 5.41) is 3.19. The van der Waals surface area contributed by atoms with Gasteiger partial charge in [0.15, 0.2) is 0 Å². The van der Waals surface area contributed by atoms with E-state index in [4.69, 9.17) is 11.6 Å². The normalized spacial score (nSPS) is 11.2. The lowest BCUT2D eigenvalue weighted by Crippen LogP contribution is -1.97. The molecule has 0 saturated heterocycles. The van der Waals surface area contributed by atoms with Gasteiger partial charge in [0, 0.05) is 24.2 Å². The number of benzene rings is 1. The van der Waals surface area contributed by atoms with Gasteiger partial charge in [0.2, 0.25) is 0 Å². The SMILES string of the molecule is CNc1cc(C(F)F)nc2cc(F)c(Cl)cc12. The molecule has 0 fully saturated rings. The lowest BCUT2D eigenvalue weighted by atomic mass is 10.1. The van der Waals surface area contributed by atoms with Gasteiger partial charge in [-0.25, -0.2) is 18.2 Å². The van der Waals surface area contributed by atoms with Crippen LogP contribution in [-0.2, 0) is 0 Å². The largest absolute Gasteiger partial charge is 0.388 e. The summed E-state index contributed by atoms with van der Waals surface area (Å²) in [5.74, 6) is -0.680. The van der Waals surface area contributed by atoms with Gasteiger partial charge in [0.1, 0.15) is 11.5 Å². The second kappa shape index (κ2) is 4.41. The minimum Gasteiger partial charge on any atom is -0.388 e. The fourth-order valence-electron chi connectivity index (χ4n) is 1.56. The van der Waals surface area contributed by atoms with Crippen LogP contribution in [0.25, 0.3) is 10.9 Å². The van der Waals surface area contributed by atoms with Gasteiger partial charge in [-0.05, 0) is 12.1 Å². The van der Waals surface area contributed by atoms with E-state index in [9.17, 15) is 13.2 Å². The minimum absolute atomic E-state index is 0.0689. The Morgan fingerprint density at radius 1 is 1.29 bits per heavy atom. The number of hydrogen-bond donors (Lipinski definition) is 1.